The molecule has 3 N–H and O–H groups in total. The highest BCUT2D eigenvalue weighted by molar-refractivity contribution is 14.1. The second kappa shape index (κ2) is 5.35. The molecule has 4 heteroatoms. The van der Waals surface area contributed by atoms with E-state index in [9.17, 15) is 0 Å². The summed E-state index contributed by atoms with van der Waals surface area (Å²) in [6.45, 7) is 2.82. The third-order valence-electron chi connectivity index (χ3n) is 2.63. The van der Waals surface area contributed by atoms with E-state index in [1.165, 1.54) is 11.1 Å². The lowest BCUT2D eigenvalue weighted by molar-refractivity contribution is 1.08. The van der Waals surface area contributed by atoms with E-state index in [2.05, 4.69) is 39.8 Å². The van der Waals surface area contributed by atoms with Gasteiger partial charge in [0.05, 0.1) is 11.4 Å². The predicted molar refractivity (Wildman–Crippen MR) is 79.9 cm³/mol. The van der Waals surface area contributed by atoms with Crippen LogP contribution in [0.3, 0.4) is 0 Å². The average molecular weight is 339 g/mol. The summed E-state index contributed by atoms with van der Waals surface area (Å²) >= 11 is 2.25. The molecular weight excluding hydrogens is 325 g/mol. The van der Waals surface area contributed by atoms with Gasteiger partial charge in [0, 0.05) is 22.5 Å². The van der Waals surface area contributed by atoms with Crippen molar-refractivity contribution >= 4 is 34.0 Å². The van der Waals surface area contributed by atoms with Gasteiger partial charge < -0.3 is 11.1 Å². The zero-order chi connectivity index (χ0) is 12.3. The first-order chi connectivity index (χ1) is 8.16. The summed E-state index contributed by atoms with van der Waals surface area (Å²) in [4.78, 5) is 4.12. The van der Waals surface area contributed by atoms with E-state index in [-0.39, 0.29) is 0 Å². The fourth-order valence-corrected chi connectivity index (χ4v) is 2.08. The highest BCUT2D eigenvalue weighted by Crippen LogP contribution is 2.21. The summed E-state index contributed by atoms with van der Waals surface area (Å²) in [6, 6.07) is 8.01. The molecule has 0 unspecified atom stereocenters. The van der Waals surface area contributed by atoms with Gasteiger partial charge in [0.2, 0.25) is 0 Å². The Morgan fingerprint density at radius 3 is 2.88 bits per heavy atom. The first kappa shape index (κ1) is 12.2. The second-order valence-electron chi connectivity index (χ2n) is 3.89. The zero-order valence-electron chi connectivity index (χ0n) is 9.57. The molecule has 0 fully saturated rings. The van der Waals surface area contributed by atoms with Gasteiger partial charge >= 0.3 is 0 Å². The van der Waals surface area contributed by atoms with Crippen LogP contribution in [0.25, 0.3) is 0 Å². The van der Waals surface area contributed by atoms with Crippen LogP contribution in [0, 0.1) is 10.5 Å². The van der Waals surface area contributed by atoms with Crippen LogP contribution in [0.1, 0.15) is 11.1 Å². The van der Waals surface area contributed by atoms with Crippen molar-refractivity contribution in [3.63, 3.8) is 0 Å². The summed E-state index contributed by atoms with van der Waals surface area (Å²) in [7, 11) is 0. The van der Waals surface area contributed by atoms with E-state index >= 15 is 0 Å². The van der Waals surface area contributed by atoms with E-state index < -0.39 is 0 Å². The largest absolute Gasteiger partial charge is 0.397 e. The Morgan fingerprint density at radius 1 is 1.35 bits per heavy atom. The maximum absolute atomic E-state index is 5.94. The third-order valence-corrected chi connectivity index (χ3v) is 3.30. The second-order valence-corrected chi connectivity index (χ2v) is 5.13. The molecule has 2 rings (SSSR count). The molecule has 3 nitrogen and oxygen atoms in total. The van der Waals surface area contributed by atoms with Gasteiger partial charge in [0.25, 0.3) is 0 Å². The van der Waals surface area contributed by atoms with E-state index in [1.54, 1.807) is 6.20 Å². The van der Waals surface area contributed by atoms with Crippen molar-refractivity contribution < 1.29 is 0 Å². The molecule has 0 bridgehead atoms. The summed E-state index contributed by atoms with van der Waals surface area (Å²) in [6.07, 6.45) is 3.68. The zero-order valence-corrected chi connectivity index (χ0v) is 11.7. The SMILES string of the molecule is Cc1ccncc1CNc1ccc(I)cc1N. The Balaban J connectivity index is 2.10. The van der Waals surface area contributed by atoms with Crippen molar-refractivity contribution in [2.75, 3.05) is 11.1 Å². The maximum Gasteiger partial charge on any atom is 0.0577 e. The van der Waals surface area contributed by atoms with Crippen molar-refractivity contribution in [2.45, 2.75) is 13.5 Å². The summed E-state index contributed by atoms with van der Waals surface area (Å²) in [5.41, 5.74) is 10.1. The number of nitrogens with zero attached hydrogens (tertiary/aromatic N) is 1. The lowest BCUT2D eigenvalue weighted by Gasteiger charge is -2.10. The molecule has 0 radical (unpaired) electrons. The molecule has 88 valence electrons. The minimum atomic E-state index is 0.741. The number of hydrogen-bond acceptors (Lipinski definition) is 3. The normalized spacial score (nSPS) is 10.2. The molecule has 0 aliphatic carbocycles. The third kappa shape index (κ3) is 3.09. The summed E-state index contributed by atoms with van der Waals surface area (Å²) in [5, 5.41) is 3.33. The number of nitrogens with one attached hydrogen (secondary N) is 1. The van der Waals surface area contributed by atoms with Crippen LogP contribution in [-0.2, 0) is 6.54 Å². The Morgan fingerprint density at radius 2 is 2.18 bits per heavy atom. The minimum Gasteiger partial charge on any atom is -0.397 e. The summed E-state index contributed by atoms with van der Waals surface area (Å²) in [5.74, 6) is 0. The fraction of sp³-hybridized carbons (Fsp3) is 0.154. The summed E-state index contributed by atoms with van der Waals surface area (Å²) < 4.78 is 1.14. The predicted octanol–water partition coefficient (Wildman–Crippen LogP) is 3.19. The molecule has 1 aromatic heterocycles. The monoisotopic (exact) mass is 339 g/mol. The van der Waals surface area contributed by atoms with Gasteiger partial charge in [-0.05, 0) is 64.9 Å². The van der Waals surface area contributed by atoms with Crippen molar-refractivity contribution in [3.05, 3.63) is 51.4 Å². The molecule has 0 spiro atoms. The number of aromatic nitrogens is 1. The quantitative estimate of drug-likeness (QED) is 0.667. The van der Waals surface area contributed by atoms with E-state index in [1.807, 2.05) is 30.5 Å². The van der Waals surface area contributed by atoms with Crippen LogP contribution in [-0.4, -0.2) is 4.98 Å². The van der Waals surface area contributed by atoms with Crippen LogP contribution in [0.5, 0.6) is 0 Å². The number of pyridine rings is 1. The lowest BCUT2D eigenvalue weighted by Crippen LogP contribution is -2.04. The molecule has 0 aliphatic rings. The van der Waals surface area contributed by atoms with Crippen molar-refractivity contribution in [3.8, 4) is 0 Å². The molecule has 0 amide bonds. The van der Waals surface area contributed by atoms with Gasteiger partial charge in [-0.1, -0.05) is 0 Å². The van der Waals surface area contributed by atoms with E-state index in [0.29, 0.717) is 0 Å². The Labute approximate surface area is 115 Å². The van der Waals surface area contributed by atoms with E-state index in [4.69, 9.17) is 5.73 Å². The van der Waals surface area contributed by atoms with Crippen molar-refractivity contribution in [1.82, 2.24) is 4.98 Å². The first-order valence-corrected chi connectivity index (χ1v) is 6.43. The fourth-order valence-electron chi connectivity index (χ4n) is 1.57. The number of benzene rings is 1. The van der Waals surface area contributed by atoms with E-state index in [0.717, 1.165) is 21.5 Å². The molecule has 0 saturated carbocycles. The average Bonchev–Trinajstić information content (AvgIpc) is 2.30. The highest BCUT2D eigenvalue weighted by atomic mass is 127. The van der Waals surface area contributed by atoms with Gasteiger partial charge in [0.15, 0.2) is 0 Å². The molecule has 2 aromatic rings. The molecule has 0 aliphatic heterocycles. The van der Waals surface area contributed by atoms with Crippen LogP contribution in [0.15, 0.2) is 36.7 Å². The number of nitrogens with two attached hydrogens (primary N) is 1. The van der Waals surface area contributed by atoms with Crippen LogP contribution in [0.2, 0.25) is 0 Å². The van der Waals surface area contributed by atoms with Gasteiger partial charge in [-0.25, -0.2) is 0 Å². The number of aryl methyl sites for hydroxylation is 1. The Bertz CT molecular complexity index is 526. The van der Waals surface area contributed by atoms with Gasteiger partial charge in [-0.2, -0.15) is 0 Å². The van der Waals surface area contributed by atoms with Crippen LogP contribution < -0.4 is 11.1 Å². The maximum atomic E-state index is 5.94. The minimum absolute atomic E-state index is 0.741. The number of rotatable bonds is 3. The van der Waals surface area contributed by atoms with Crippen LogP contribution >= 0.6 is 22.6 Å². The highest BCUT2D eigenvalue weighted by Gasteiger charge is 2.01. The van der Waals surface area contributed by atoms with Crippen molar-refractivity contribution in [2.24, 2.45) is 0 Å². The molecule has 1 heterocycles. The van der Waals surface area contributed by atoms with Gasteiger partial charge in [-0.15, -0.1) is 0 Å². The van der Waals surface area contributed by atoms with Gasteiger partial charge in [0.1, 0.15) is 0 Å². The number of halogens is 1. The van der Waals surface area contributed by atoms with Crippen molar-refractivity contribution in [1.29, 1.82) is 0 Å². The molecular formula is C13H14IN3. The first-order valence-electron chi connectivity index (χ1n) is 5.35. The number of nitrogen functional groups attached to an aromatic ring is 1. The topological polar surface area (TPSA) is 50.9 Å². The standard InChI is InChI=1S/C13H14IN3/c1-9-4-5-16-7-10(9)8-17-13-3-2-11(14)6-12(13)15/h2-7,17H,8,15H2,1H3. The molecule has 17 heavy (non-hydrogen) atoms. The number of anilines is 2. The van der Waals surface area contributed by atoms with Gasteiger partial charge in [-0.3, -0.25) is 4.98 Å². The molecule has 0 atom stereocenters. The lowest BCUT2D eigenvalue weighted by atomic mass is 10.1. The Hall–Kier alpha value is -1.30. The van der Waals surface area contributed by atoms with Crippen LogP contribution in [0.4, 0.5) is 11.4 Å². The Kier molecular flexibility index (Phi) is 3.83. The smallest absolute Gasteiger partial charge is 0.0577 e. The molecule has 0 saturated heterocycles. The number of hydrogen-bond donors (Lipinski definition) is 2. The molecule has 1 aromatic carbocycles.